The molecule has 12 heteroatoms. The Morgan fingerprint density at radius 1 is 0.571 bits per heavy atom. The number of aryl methyl sites for hydroxylation is 2. The third-order valence-corrected chi connectivity index (χ3v) is 10.7. The van der Waals surface area contributed by atoms with Crippen LogP contribution < -0.4 is 11.5 Å². The van der Waals surface area contributed by atoms with Crippen LogP contribution >= 0.6 is 0 Å². The topological polar surface area (TPSA) is 211 Å². The first-order valence-electron chi connectivity index (χ1n) is 21.5. The maximum Gasteiger partial charge on any atom is 0.337 e. The van der Waals surface area contributed by atoms with Gasteiger partial charge in [0.25, 0.3) is 0 Å². The van der Waals surface area contributed by atoms with Gasteiger partial charge in [-0.1, -0.05) is 104 Å². The van der Waals surface area contributed by atoms with E-state index in [1.54, 1.807) is 12.4 Å². The van der Waals surface area contributed by atoms with Gasteiger partial charge in [0.1, 0.15) is 0 Å². The zero-order chi connectivity index (χ0) is 41.1. The normalized spacial score (nSPS) is 26.2. The second kappa shape index (κ2) is 28.4. The van der Waals surface area contributed by atoms with Gasteiger partial charge in [-0.2, -0.15) is 0 Å². The maximum absolute atomic E-state index is 11.7. The van der Waals surface area contributed by atoms with E-state index in [1.165, 1.54) is 77.0 Å². The van der Waals surface area contributed by atoms with Crippen molar-refractivity contribution >= 4 is 11.9 Å². The van der Waals surface area contributed by atoms with Crippen molar-refractivity contribution < 1.29 is 39.5 Å². The summed E-state index contributed by atoms with van der Waals surface area (Å²) in [4.78, 5) is 32.0. The third kappa shape index (κ3) is 18.5. The molecule has 8 N–H and O–H groups in total. The number of hydrogen-bond donors (Lipinski definition) is 6. The predicted octanol–water partition coefficient (Wildman–Crippen LogP) is 6.73. The highest BCUT2D eigenvalue weighted by Gasteiger charge is 2.44. The monoisotopic (exact) mass is 787 g/mol. The predicted molar refractivity (Wildman–Crippen MR) is 221 cm³/mol. The van der Waals surface area contributed by atoms with Crippen LogP contribution in [-0.2, 0) is 44.7 Å². The summed E-state index contributed by atoms with van der Waals surface area (Å²) in [6.45, 7) is 5.11. The molecule has 4 rings (SSSR count). The Morgan fingerprint density at radius 3 is 1.20 bits per heavy atom. The Labute approximate surface area is 336 Å². The van der Waals surface area contributed by atoms with Gasteiger partial charge in [0, 0.05) is 49.8 Å². The van der Waals surface area contributed by atoms with E-state index in [1.807, 2.05) is 38.1 Å². The van der Waals surface area contributed by atoms with E-state index in [4.69, 9.17) is 20.9 Å². The van der Waals surface area contributed by atoms with Crippen molar-refractivity contribution in [1.82, 2.24) is 9.97 Å². The van der Waals surface area contributed by atoms with Gasteiger partial charge in [-0.25, -0.2) is 9.59 Å². The minimum Gasteiger partial charge on any atom is -0.479 e. The minimum atomic E-state index is -2.09. The quantitative estimate of drug-likeness (QED) is 0.187. The summed E-state index contributed by atoms with van der Waals surface area (Å²) in [7, 11) is 0. The van der Waals surface area contributed by atoms with Crippen LogP contribution in [0.5, 0.6) is 0 Å². The van der Waals surface area contributed by atoms with E-state index >= 15 is 0 Å². The zero-order valence-electron chi connectivity index (χ0n) is 34.5. The molecule has 0 radical (unpaired) electrons. The number of nitrogens with two attached hydrogens (primary N) is 2. The first-order valence-corrected chi connectivity index (χ1v) is 21.5. The van der Waals surface area contributed by atoms with Gasteiger partial charge < -0.3 is 41.4 Å². The molecule has 0 saturated heterocycles. The molecule has 0 aliphatic carbocycles. The Hall–Kier alpha value is -3.00. The van der Waals surface area contributed by atoms with Crippen LogP contribution in [0.15, 0.2) is 36.7 Å². The molecule has 2 aliphatic heterocycles. The summed E-state index contributed by atoms with van der Waals surface area (Å²) >= 11 is 0. The number of aliphatic carboxylic acids is 2. The van der Waals surface area contributed by atoms with E-state index in [0.717, 1.165) is 62.5 Å². The molecule has 0 saturated carbocycles. The summed E-state index contributed by atoms with van der Waals surface area (Å²) in [5.41, 5.74) is 11.2. The van der Waals surface area contributed by atoms with Crippen molar-refractivity contribution in [3.8, 4) is 0 Å². The van der Waals surface area contributed by atoms with Crippen LogP contribution in [0, 0.1) is 0 Å². The number of hydrogen-bond acceptors (Lipinski definition) is 10. The molecule has 56 heavy (non-hydrogen) atoms. The fraction of sp³-hybridized carbons (Fsp3) is 0.727. The van der Waals surface area contributed by atoms with E-state index in [-0.39, 0.29) is 26.1 Å². The fourth-order valence-corrected chi connectivity index (χ4v) is 7.08. The molecule has 4 bridgehead atoms. The third-order valence-electron chi connectivity index (χ3n) is 10.7. The first-order chi connectivity index (χ1) is 27.0. The molecule has 2 aliphatic rings. The van der Waals surface area contributed by atoms with Gasteiger partial charge in [0.2, 0.25) is 0 Å². The van der Waals surface area contributed by atoms with Crippen LogP contribution in [-0.4, -0.2) is 92.0 Å². The summed E-state index contributed by atoms with van der Waals surface area (Å²) in [5, 5.41) is 40.6. The van der Waals surface area contributed by atoms with Crippen LogP contribution in [0.3, 0.4) is 0 Å². The molecule has 0 amide bonds. The number of rotatable bonds is 2. The number of aliphatic hydroxyl groups is 2. The maximum atomic E-state index is 11.7. The minimum absolute atomic E-state index is 0.0164. The van der Waals surface area contributed by atoms with E-state index in [0.29, 0.717) is 24.6 Å². The summed E-state index contributed by atoms with van der Waals surface area (Å²) in [6.07, 6.45) is 26.3. The SMILES string of the molecule is CC.NC1COCCCCCCCCCCCc2ccnc(c2)C[C@]1(O)C(=O)O.NC1COCCCCCCCCCCCc2ccnc(c2)C[C@]1(O)C(=O)O. The van der Waals surface area contributed by atoms with Crippen molar-refractivity contribution in [1.29, 1.82) is 0 Å². The molecule has 0 aromatic carbocycles. The Bertz CT molecular complexity index is 1260. The largest absolute Gasteiger partial charge is 0.479 e. The molecule has 2 aromatic rings. The lowest BCUT2D eigenvalue weighted by Crippen LogP contribution is -2.57. The molecule has 0 fully saturated rings. The standard InChI is InChI=1S/2C21H34N2O4.C2H6/c2*22-19-16-27-13-9-7-5-3-1-2-4-6-8-10-17-11-12-23-18(14-17)15-21(19,26)20(24)25;1-2/h2*11-12,14,19,26H,1-10,13,15-16,22H2,(H,24,25);1-2H3/t2*19?,21-;/m11./s1. The lowest BCUT2D eigenvalue weighted by atomic mass is 9.89. The van der Waals surface area contributed by atoms with E-state index in [9.17, 15) is 30.0 Å². The lowest BCUT2D eigenvalue weighted by molar-refractivity contribution is -0.163. The number of pyridine rings is 2. The van der Waals surface area contributed by atoms with Crippen molar-refractivity contribution in [2.45, 2.75) is 178 Å². The average molecular weight is 787 g/mol. The number of carbonyl (C=O) groups is 2. The second-order valence-corrected chi connectivity index (χ2v) is 15.4. The highest BCUT2D eigenvalue weighted by atomic mass is 16.5. The van der Waals surface area contributed by atoms with Gasteiger partial charge in [0.05, 0.1) is 25.3 Å². The molecule has 4 atom stereocenters. The number of fused-ring (bicyclic) bond motifs is 4. The second-order valence-electron chi connectivity index (χ2n) is 15.4. The first kappa shape index (κ1) is 49.1. The summed E-state index contributed by atoms with van der Waals surface area (Å²) in [6, 6.07) is 5.65. The number of carboxylic acid groups (broad SMARTS) is 2. The molecular formula is C44H74N4O8. The average Bonchev–Trinajstić information content (AvgIpc) is 3.18. The smallest absolute Gasteiger partial charge is 0.337 e. The highest BCUT2D eigenvalue weighted by Crippen LogP contribution is 2.21. The Morgan fingerprint density at radius 2 is 0.875 bits per heavy atom. The van der Waals surface area contributed by atoms with Gasteiger partial charge in [-0.3, -0.25) is 9.97 Å². The van der Waals surface area contributed by atoms with Gasteiger partial charge >= 0.3 is 11.9 Å². The summed E-state index contributed by atoms with van der Waals surface area (Å²) in [5.74, 6) is -2.67. The molecule has 2 unspecified atom stereocenters. The van der Waals surface area contributed by atoms with E-state index in [2.05, 4.69) is 9.97 Å². The highest BCUT2D eigenvalue weighted by molar-refractivity contribution is 5.79. The van der Waals surface area contributed by atoms with Gasteiger partial charge in [0.15, 0.2) is 11.2 Å². The molecule has 12 nitrogen and oxygen atoms in total. The van der Waals surface area contributed by atoms with Crippen molar-refractivity contribution in [2.24, 2.45) is 11.5 Å². The Balaban J connectivity index is 0.000000370. The fourth-order valence-electron chi connectivity index (χ4n) is 7.08. The van der Waals surface area contributed by atoms with Crippen LogP contribution in [0.1, 0.15) is 152 Å². The van der Waals surface area contributed by atoms with E-state index < -0.39 is 35.2 Å². The van der Waals surface area contributed by atoms with Crippen molar-refractivity contribution in [3.05, 3.63) is 59.2 Å². The number of aromatic nitrogens is 2. The van der Waals surface area contributed by atoms with Crippen molar-refractivity contribution in [2.75, 3.05) is 26.4 Å². The van der Waals surface area contributed by atoms with Gasteiger partial charge in [-0.05, 0) is 73.9 Å². The molecule has 4 heterocycles. The number of ether oxygens (including phenoxy) is 2. The zero-order valence-corrected chi connectivity index (χ0v) is 34.5. The molecular weight excluding hydrogens is 713 g/mol. The molecule has 2 aromatic heterocycles. The molecule has 0 spiro atoms. The van der Waals surface area contributed by atoms with Crippen molar-refractivity contribution in [3.63, 3.8) is 0 Å². The molecule has 318 valence electrons. The van der Waals surface area contributed by atoms with Crippen LogP contribution in [0.2, 0.25) is 0 Å². The van der Waals surface area contributed by atoms with Crippen LogP contribution in [0.25, 0.3) is 0 Å². The summed E-state index contributed by atoms with van der Waals surface area (Å²) < 4.78 is 11.1. The Kier molecular flexibility index (Phi) is 24.9. The number of carboxylic acids is 2. The van der Waals surface area contributed by atoms with Gasteiger partial charge in [-0.15, -0.1) is 0 Å². The lowest BCUT2D eigenvalue weighted by Gasteiger charge is -2.29. The number of nitrogens with zero attached hydrogens (tertiary/aromatic N) is 2. The van der Waals surface area contributed by atoms with Crippen LogP contribution in [0.4, 0.5) is 0 Å².